The van der Waals surface area contributed by atoms with Crippen LogP contribution in [-0.4, -0.2) is 29.3 Å². The van der Waals surface area contributed by atoms with Crippen LogP contribution in [0.2, 0.25) is 0 Å². The van der Waals surface area contributed by atoms with E-state index in [2.05, 4.69) is 5.32 Å². The number of hydrogen-bond donors (Lipinski definition) is 2. The molecule has 2 N–H and O–H groups in total. The third kappa shape index (κ3) is 4.65. The second kappa shape index (κ2) is 6.78. The van der Waals surface area contributed by atoms with Crippen LogP contribution in [0.1, 0.15) is 52.4 Å². The Hall–Kier alpha value is -0.780. The Kier molecular flexibility index (Phi) is 5.86. The molecule has 0 heterocycles. The van der Waals surface area contributed by atoms with Crippen molar-refractivity contribution in [3.8, 4) is 0 Å². The summed E-state index contributed by atoms with van der Waals surface area (Å²) in [6, 6.07) is 0. The van der Waals surface area contributed by atoms with Crippen LogP contribution in [0, 0.1) is 11.8 Å². The molecule has 6 heteroatoms. The van der Waals surface area contributed by atoms with E-state index in [0.717, 1.165) is 0 Å². The number of carbonyl (C=O) groups is 1. The molecule has 0 aromatic rings. The van der Waals surface area contributed by atoms with Gasteiger partial charge in [0.05, 0.1) is 11.5 Å². The van der Waals surface area contributed by atoms with E-state index in [1.807, 2.05) is 13.8 Å². The van der Waals surface area contributed by atoms with Crippen molar-refractivity contribution in [3.63, 3.8) is 0 Å². The second-order valence-electron chi connectivity index (χ2n) is 5.75. The van der Waals surface area contributed by atoms with E-state index in [1.54, 1.807) is 0 Å². The van der Waals surface area contributed by atoms with E-state index in [9.17, 15) is 23.1 Å². The van der Waals surface area contributed by atoms with E-state index in [-0.39, 0.29) is 25.3 Å². The summed E-state index contributed by atoms with van der Waals surface area (Å²) in [5.41, 5.74) is -0.965. The molecule has 0 saturated heterocycles. The number of rotatable bonds is 5. The lowest BCUT2D eigenvalue weighted by Crippen LogP contribution is -2.45. The fourth-order valence-corrected chi connectivity index (χ4v) is 2.62. The molecular formula is C14H24F3NO2. The normalized spacial score (nSPS) is 24.5. The Morgan fingerprint density at radius 1 is 1.25 bits per heavy atom. The molecule has 0 radical (unpaired) electrons. The third-order valence-electron chi connectivity index (χ3n) is 4.42. The van der Waals surface area contributed by atoms with Crippen molar-refractivity contribution in [3.05, 3.63) is 0 Å². The lowest BCUT2D eigenvalue weighted by Gasteiger charge is -2.31. The third-order valence-corrected chi connectivity index (χ3v) is 4.42. The summed E-state index contributed by atoms with van der Waals surface area (Å²) in [4.78, 5) is 12.0. The van der Waals surface area contributed by atoms with Gasteiger partial charge in [-0.3, -0.25) is 4.79 Å². The van der Waals surface area contributed by atoms with Crippen molar-refractivity contribution >= 4 is 5.91 Å². The standard InChI is InChI=1S/C14H24F3NO2/c1-3-13(20,4-2)9-18-12(19)10-6-5-7-11(8-10)14(15,16)17/h10-11,20H,3-9H2,1-2H3,(H,18,19). The molecule has 1 aliphatic carbocycles. The number of aliphatic hydroxyl groups is 1. The molecule has 1 aliphatic rings. The quantitative estimate of drug-likeness (QED) is 0.819. The minimum absolute atomic E-state index is 0.103. The first kappa shape index (κ1) is 17.3. The summed E-state index contributed by atoms with van der Waals surface area (Å²) < 4.78 is 38.1. The topological polar surface area (TPSA) is 49.3 Å². The van der Waals surface area contributed by atoms with Gasteiger partial charge in [-0.1, -0.05) is 20.3 Å². The Morgan fingerprint density at radius 3 is 2.35 bits per heavy atom. The Bertz CT molecular complexity index is 327. The van der Waals surface area contributed by atoms with Crippen LogP contribution in [0.4, 0.5) is 13.2 Å². The maximum absolute atomic E-state index is 12.7. The van der Waals surface area contributed by atoms with Crippen LogP contribution in [-0.2, 0) is 4.79 Å². The van der Waals surface area contributed by atoms with Gasteiger partial charge in [0.25, 0.3) is 0 Å². The van der Waals surface area contributed by atoms with Crippen molar-refractivity contribution < 1.29 is 23.1 Å². The lowest BCUT2D eigenvalue weighted by atomic mass is 9.80. The molecule has 0 spiro atoms. The average Bonchev–Trinajstić information content (AvgIpc) is 2.43. The number of halogens is 3. The van der Waals surface area contributed by atoms with E-state index in [1.165, 1.54) is 0 Å². The van der Waals surface area contributed by atoms with Gasteiger partial charge in [0, 0.05) is 12.5 Å². The first-order valence-corrected chi connectivity index (χ1v) is 7.28. The van der Waals surface area contributed by atoms with Gasteiger partial charge >= 0.3 is 6.18 Å². The van der Waals surface area contributed by atoms with Gasteiger partial charge < -0.3 is 10.4 Å². The maximum Gasteiger partial charge on any atom is 0.391 e. The molecule has 0 aliphatic heterocycles. The Balaban J connectivity index is 2.51. The van der Waals surface area contributed by atoms with Gasteiger partial charge in [0.1, 0.15) is 0 Å². The van der Waals surface area contributed by atoms with Crippen LogP contribution >= 0.6 is 0 Å². The summed E-state index contributed by atoms with van der Waals surface area (Å²) in [6.45, 7) is 3.73. The summed E-state index contributed by atoms with van der Waals surface area (Å²) in [7, 11) is 0. The van der Waals surface area contributed by atoms with Crippen LogP contribution in [0.15, 0.2) is 0 Å². The molecule has 2 atom stereocenters. The number of hydrogen-bond acceptors (Lipinski definition) is 2. The average molecular weight is 295 g/mol. The molecule has 2 unspecified atom stereocenters. The summed E-state index contributed by atoms with van der Waals surface area (Å²) in [6.07, 6.45) is -2.32. The first-order valence-electron chi connectivity index (χ1n) is 7.28. The predicted octanol–water partition coefficient (Wildman–Crippen LogP) is 3.02. The molecule has 3 nitrogen and oxygen atoms in total. The monoisotopic (exact) mass is 295 g/mol. The predicted molar refractivity (Wildman–Crippen MR) is 70.0 cm³/mol. The van der Waals surface area contributed by atoms with Crippen molar-refractivity contribution in [2.24, 2.45) is 11.8 Å². The van der Waals surface area contributed by atoms with E-state index < -0.39 is 23.6 Å². The first-order chi connectivity index (χ1) is 9.22. The molecule has 1 saturated carbocycles. The molecule has 0 aromatic carbocycles. The number of amides is 1. The van der Waals surface area contributed by atoms with Crippen molar-refractivity contribution in [2.45, 2.75) is 64.1 Å². The molecule has 20 heavy (non-hydrogen) atoms. The summed E-state index contributed by atoms with van der Waals surface area (Å²) >= 11 is 0. The summed E-state index contributed by atoms with van der Waals surface area (Å²) in [5.74, 6) is -2.32. The second-order valence-corrected chi connectivity index (χ2v) is 5.75. The van der Waals surface area contributed by atoms with Crippen LogP contribution < -0.4 is 5.32 Å². The maximum atomic E-state index is 12.7. The van der Waals surface area contributed by atoms with Gasteiger partial charge in [0.15, 0.2) is 0 Å². The van der Waals surface area contributed by atoms with Gasteiger partial charge in [-0.25, -0.2) is 0 Å². The largest absolute Gasteiger partial charge is 0.391 e. The fourth-order valence-electron chi connectivity index (χ4n) is 2.62. The number of alkyl halides is 3. The Labute approximate surface area is 117 Å². The number of carbonyl (C=O) groups excluding carboxylic acids is 1. The van der Waals surface area contributed by atoms with Crippen molar-refractivity contribution in [1.82, 2.24) is 5.32 Å². The van der Waals surface area contributed by atoms with E-state index in [4.69, 9.17) is 0 Å². The highest BCUT2D eigenvalue weighted by atomic mass is 19.4. The number of nitrogens with one attached hydrogen (secondary N) is 1. The molecular weight excluding hydrogens is 271 g/mol. The lowest BCUT2D eigenvalue weighted by molar-refractivity contribution is -0.186. The molecule has 1 rings (SSSR count). The van der Waals surface area contributed by atoms with Crippen molar-refractivity contribution in [1.29, 1.82) is 0 Å². The van der Waals surface area contributed by atoms with Crippen molar-refractivity contribution in [2.75, 3.05) is 6.54 Å². The smallest absolute Gasteiger partial charge is 0.388 e. The van der Waals surface area contributed by atoms with E-state index >= 15 is 0 Å². The molecule has 0 bridgehead atoms. The Morgan fingerprint density at radius 2 is 1.85 bits per heavy atom. The zero-order valence-electron chi connectivity index (χ0n) is 12.1. The molecule has 0 aromatic heterocycles. The van der Waals surface area contributed by atoms with E-state index in [0.29, 0.717) is 25.7 Å². The highest BCUT2D eigenvalue weighted by molar-refractivity contribution is 5.78. The zero-order chi connectivity index (χ0) is 15.4. The van der Waals surface area contributed by atoms with Gasteiger partial charge in [-0.2, -0.15) is 13.2 Å². The zero-order valence-corrected chi connectivity index (χ0v) is 12.1. The molecule has 118 valence electrons. The van der Waals surface area contributed by atoms with Gasteiger partial charge in [-0.05, 0) is 32.1 Å². The summed E-state index contributed by atoms with van der Waals surface area (Å²) in [5, 5.41) is 12.7. The SMILES string of the molecule is CCC(O)(CC)CNC(=O)C1CCCC(C(F)(F)F)C1. The van der Waals surface area contributed by atoms with Crippen LogP contribution in [0.25, 0.3) is 0 Å². The van der Waals surface area contributed by atoms with Crippen LogP contribution in [0.5, 0.6) is 0 Å². The van der Waals surface area contributed by atoms with Gasteiger partial charge in [-0.15, -0.1) is 0 Å². The minimum Gasteiger partial charge on any atom is -0.388 e. The highest BCUT2D eigenvalue weighted by Gasteiger charge is 2.43. The fraction of sp³-hybridized carbons (Fsp3) is 0.929. The highest BCUT2D eigenvalue weighted by Crippen LogP contribution is 2.39. The van der Waals surface area contributed by atoms with Crippen LogP contribution in [0.3, 0.4) is 0 Å². The van der Waals surface area contributed by atoms with Gasteiger partial charge in [0.2, 0.25) is 5.91 Å². The molecule has 1 fully saturated rings. The minimum atomic E-state index is -4.22. The molecule has 1 amide bonds.